The number of carbonyl (C=O) groups excluding carboxylic acids is 1. The maximum Gasteiger partial charge on any atom is 0.254 e. The molecule has 6 aliphatic rings. The van der Waals surface area contributed by atoms with E-state index in [1.807, 2.05) is 0 Å². The number of hydrogen-bond acceptors (Lipinski definition) is 5. The third-order valence-corrected chi connectivity index (χ3v) is 6.67. The minimum absolute atomic E-state index is 0.0528. The van der Waals surface area contributed by atoms with Gasteiger partial charge in [-0.05, 0) is 43.9 Å². The van der Waals surface area contributed by atoms with Crippen LogP contribution in [0.5, 0.6) is 0 Å². The Hall–Kier alpha value is -0.720. The molecule has 3 atom stereocenters. The van der Waals surface area contributed by atoms with E-state index < -0.39 is 5.60 Å². The van der Waals surface area contributed by atoms with Gasteiger partial charge in [0, 0.05) is 4.91 Å². The van der Waals surface area contributed by atoms with E-state index in [-0.39, 0.29) is 11.4 Å². The van der Waals surface area contributed by atoms with E-state index in [0.717, 1.165) is 31.4 Å². The van der Waals surface area contributed by atoms with Gasteiger partial charge in [-0.3, -0.25) is 4.79 Å². The molecule has 4 aliphatic heterocycles. The molecule has 2 N–H and O–H groups in total. The van der Waals surface area contributed by atoms with Crippen LogP contribution < -0.4 is 10.6 Å². The molecule has 0 spiro atoms. The highest BCUT2D eigenvalue weighted by Crippen LogP contribution is 2.53. The Balaban J connectivity index is 1.29. The summed E-state index contributed by atoms with van der Waals surface area (Å²) in [5.41, 5.74) is 0.542. The van der Waals surface area contributed by atoms with Crippen molar-refractivity contribution in [2.24, 2.45) is 11.8 Å². The van der Waals surface area contributed by atoms with Crippen molar-refractivity contribution < 1.29 is 14.3 Å². The molecule has 5 nitrogen and oxygen atoms in total. The molecule has 0 aromatic heterocycles. The molecule has 2 aliphatic carbocycles. The van der Waals surface area contributed by atoms with Crippen LogP contribution in [0, 0.1) is 11.8 Å². The highest BCUT2D eigenvalue weighted by atomic mass is 32.2. The van der Waals surface area contributed by atoms with Crippen LogP contribution in [0.3, 0.4) is 0 Å². The van der Waals surface area contributed by atoms with Crippen molar-refractivity contribution in [2.45, 2.75) is 49.3 Å². The largest absolute Gasteiger partial charge is 0.370 e. The number of amides is 1. The lowest BCUT2D eigenvalue weighted by atomic mass is 9.62. The molecule has 6 rings (SSSR count). The van der Waals surface area contributed by atoms with Gasteiger partial charge in [-0.25, -0.2) is 0 Å². The summed E-state index contributed by atoms with van der Waals surface area (Å²) < 4.78 is 11.6. The van der Waals surface area contributed by atoms with E-state index in [1.54, 1.807) is 11.8 Å². The van der Waals surface area contributed by atoms with Crippen molar-refractivity contribution in [2.75, 3.05) is 13.2 Å². The lowest BCUT2D eigenvalue weighted by Crippen LogP contribution is -2.63. The molecule has 4 heterocycles. The normalized spacial score (nSPS) is 46.7. The molecule has 3 unspecified atom stereocenters. The zero-order valence-electron chi connectivity index (χ0n) is 11.9. The van der Waals surface area contributed by atoms with Crippen molar-refractivity contribution in [3.05, 3.63) is 10.6 Å². The number of hydrogen-bond donors (Lipinski definition) is 2. The molecular weight excluding hydrogens is 288 g/mol. The van der Waals surface area contributed by atoms with Crippen molar-refractivity contribution in [3.8, 4) is 0 Å². The van der Waals surface area contributed by atoms with Gasteiger partial charge in [-0.2, -0.15) is 0 Å². The van der Waals surface area contributed by atoms with E-state index in [0.29, 0.717) is 31.2 Å². The summed E-state index contributed by atoms with van der Waals surface area (Å²) in [5, 5.41) is 6.50. The van der Waals surface area contributed by atoms with Crippen LogP contribution >= 0.6 is 11.8 Å². The van der Waals surface area contributed by atoms with Crippen LogP contribution in [0.15, 0.2) is 10.6 Å². The van der Waals surface area contributed by atoms with Gasteiger partial charge in [0.1, 0.15) is 5.60 Å². The lowest BCUT2D eigenvalue weighted by Gasteiger charge is -2.55. The highest BCUT2D eigenvalue weighted by Gasteiger charge is 2.56. The Labute approximate surface area is 128 Å². The molecule has 21 heavy (non-hydrogen) atoms. The van der Waals surface area contributed by atoms with E-state index in [4.69, 9.17) is 9.47 Å². The maximum absolute atomic E-state index is 12.8. The molecule has 2 saturated heterocycles. The van der Waals surface area contributed by atoms with Gasteiger partial charge in [-0.1, -0.05) is 11.8 Å². The summed E-state index contributed by atoms with van der Waals surface area (Å²) in [4.78, 5) is 14.1. The molecule has 2 saturated carbocycles. The Kier molecular flexibility index (Phi) is 2.68. The summed E-state index contributed by atoms with van der Waals surface area (Å²) >= 11 is 1.67. The number of rotatable bonds is 2. The minimum atomic E-state index is -0.541. The minimum Gasteiger partial charge on any atom is -0.370 e. The Morgan fingerprint density at radius 2 is 2.05 bits per heavy atom. The second kappa shape index (κ2) is 4.40. The second-order valence-corrected chi connectivity index (χ2v) is 8.29. The Morgan fingerprint density at radius 1 is 1.24 bits per heavy atom. The Morgan fingerprint density at radius 3 is 2.76 bits per heavy atom. The van der Waals surface area contributed by atoms with E-state index in [1.165, 1.54) is 11.3 Å². The quantitative estimate of drug-likeness (QED) is 0.805. The molecule has 0 aromatic rings. The fraction of sp³-hybridized carbons (Fsp3) is 0.800. The molecule has 0 aromatic carbocycles. The van der Waals surface area contributed by atoms with Gasteiger partial charge in [0.2, 0.25) is 0 Å². The summed E-state index contributed by atoms with van der Waals surface area (Å²) in [6.45, 7) is 1.32. The first kappa shape index (κ1) is 12.8. The van der Waals surface area contributed by atoms with Gasteiger partial charge in [0.25, 0.3) is 5.91 Å². The second-order valence-electron chi connectivity index (χ2n) is 7.09. The molecule has 4 fully saturated rings. The van der Waals surface area contributed by atoms with E-state index >= 15 is 0 Å². The van der Waals surface area contributed by atoms with Gasteiger partial charge in [-0.15, -0.1) is 0 Å². The first-order chi connectivity index (χ1) is 10.2. The van der Waals surface area contributed by atoms with Crippen LogP contribution in [0.4, 0.5) is 0 Å². The molecule has 0 radical (unpaired) electrons. The first-order valence-corrected chi connectivity index (χ1v) is 8.80. The predicted octanol–water partition coefficient (Wildman–Crippen LogP) is 1.31. The number of ether oxygens (including phenoxy) is 2. The highest BCUT2D eigenvalue weighted by molar-refractivity contribution is 8.03. The standard InChI is InChI=1S/C15H20N2O3S/c18-13(17-14-16-11-6-19-7-12(11)21-14)15-4-8-1-9(5-15)3-10(2-8)20-15/h8-10,14,16H,1-7H2,(H,17,18). The summed E-state index contributed by atoms with van der Waals surface area (Å²) in [5.74, 6) is 1.49. The van der Waals surface area contributed by atoms with Crippen molar-refractivity contribution in [1.82, 2.24) is 10.6 Å². The van der Waals surface area contributed by atoms with Crippen LogP contribution in [0.1, 0.15) is 32.1 Å². The Bertz CT molecular complexity index is 482. The molecule has 114 valence electrons. The average molecular weight is 308 g/mol. The summed E-state index contributed by atoms with van der Waals surface area (Å²) in [7, 11) is 0. The molecule has 1 amide bonds. The van der Waals surface area contributed by atoms with Crippen LogP contribution in [0.2, 0.25) is 0 Å². The lowest BCUT2D eigenvalue weighted by molar-refractivity contribution is -0.218. The zero-order chi connectivity index (χ0) is 14.0. The van der Waals surface area contributed by atoms with Gasteiger partial charge in [0.15, 0.2) is 5.50 Å². The summed E-state index contributed by atoms with van der Waals surface area (Å²) in [6.07, 6.45) is 5.78. The van der Waals surface area contributed by atoms with Crippen molar-refractivity contribution >= 4 is 17.7 Å². The van der Waals surface area contributed by atoms with Gasteiger partial charge >= 0.3 is 0 Å². The van der Waals surface area contributed by atoms with E-state index in [2.05, 4.69) is 10.6 Å². The smallest absolute Gasteiger partial charge is 0.254 e. The zero-order valence-corrected chi connectivity index (χ0v) is 12.7. The number of nitrogens with one attached hydrogen (secondary N) is 2. The monoisotopic (exact) mass is 308 g/mol. The van der Waals surface area contributed by atoms with Crippen molar-refractivity contribution in [3.63, 3.8) is 0 Å². The third kappa shape index (κ3) is 1.95. The molecular formula is C15H20N2O3S. The topological polar surface area (TPSA) is 59.6 Å². The molecule has 4 bridgehead atoms. The molecule has 6 heteroatoms. The van der Waals surface area contributed by atoms with Gasteiger partial charge in [0.05, 0.1) is 25.0 Å². The third-order valence-electron chi connectivity index (χ3n) is 5.55. The fourth-order valence-corrected chi connectivity index (χ4v) is 5.95. The van der Waals surface area contributed by atoms with Crippen molar-refractivity contribution in [1.29, 1.82) is 0 Å². The van der Waals surface area contributed by atoms with Crippen LogP contribution in [-0.4, -0.2) is 36.3 Å². The maximum atomic E-state index is 12.8. The van der Waals surface area contributed by atoms with E-state index in [9.17, 15) is 4.79 Å². The van der Waals surface area contributed by atoms with Gasteiger partial charge < -0.3 is 20.1 Å². The average Bonchev–Trinajstić information content (AvgIpc) is 2.97. The fourth-order valence-electron chi connectivity index (χ4n) is 4.89. The first-order valence-electron chi connectivity index (χ1n) is 7.92. The SMILES string of the molecule is O=C(NC1NC2=C(COC2)S1)C12CC3CC(CC(C3)O1)C2. The van der Waals surface area contributed by atoms with Crippen LogP contribution in [-0.2, 0) is 14.3 Å². The summed E-state index contributed by atoms with van der Waals surface area (Å²) in [6, 6.07) is 0. The predicted molar refractivity (Wildman–Crippen MR) is 78.2 cm³/mol. The van der Waals surface area contributed by atoms with Crippen LogP contribution in [0.25, 0.3) is 0 Å². The number of carbonyl (C=O) groups is 1. The number of thioether (sulfide) groups is 1.